The van der Waals surface area contributed by atoms with Crippen molar-refractivity contribution in [2.24, 2.45) is 0 Å². The smallest absolute Gasteiger partial charge is 0.305 e. The normalized spacial score (nSPS) is 11.4. The Balaban J connectivity index is 3.07. The summed E-state index contributed by atoms with van der Waals surface area (Å²) >= 11 is 5.65. The van der Waals surface area contributed by atoms with Gasteiger partial charge in [-0.25, -0.2) is 0 Å². The van der Waals surface area contributed by atoms with Crippen LogP contribution in [-0.4, -0.2) is 151 Å². The maximum Gasteiger partial charge on any atom is 0.305 e. The first-order valence-corrected chi connectivity index (χ1v) is 17.3. The van der Waals surface area contributed by atoms with Crippen molar-refractivity contribution in [2.75, 3.05) is 145 Å². The molecule has 0 aromatic rings. The van der Waals surface area contributed by atoms with Gasteiger partial charge >= 0.3 is 5.97 Å². The van der Waals surface area contributed by atoms with Gasteiger partial charge < -0.3 is 52.1 Å². The number of carbonyl (C=O) groups is 1. The average Bonchev–Trinajstić information content (AvgIpc) is 3.04. The highest BCUT2D eigenvalue weighted by molar-refractivity contribution is 6.17. The van der Waals surface area contributed by atoms with Crippen LogP contribution in [0.15, 0.2) is 0 Å². The second kappa shape index (κ2) is 41.4. The largest absolute Gasteiger partial charge is 0.463 e. The zero-order valence-electron chi connectivity index (χ0n) is 28.0. The van der Waals surface area contributed by atoms with Crippen LogP contribution in [0.25, 0.3) is 0 Å². The van der Waals surface area contributed by atoms with E-state index < -0.39 is 0 Å². The van der Waals surface area contributed by atoms with Crippen molar-refractivity contribution in [3.63, 3.8) is 0 Å². The fraction of sp³-hybridized carbons (Fsp3) is 0.969. The number of rotatable bonds is 40. The quantitative estimate of drug-likeness (QED) is 0.0530. The molecule has 0 N–H and O–H groups in total. The molecular weight excluding hydrogens is 612 g/mol. The van der Waals surface area contributed by atoms with Gasteiger partial charge in [-0.3, -0.25) is 4.79 Å². The molecule has 0 heterocycles. The Labute approximate surface area is 277 Å². The molecular formula is C32H63ClO12. The van der Waals surface area contributed by atoms with Crippen molar-refractivity contribution in [2.45, 2.75) is 58.3 Å². The molecule has 0 fully saturated rings. The first-order chi connectivity index (χ1) is 22.3. The summed E-state index contributed by atoms with van der Waals surface area (Å²) in [5.74, 6) is 0.584. The van der Waals surface area contributed by atoms with Gasteiger partial charge in [0.1, 0.15) is 6.61 Å². The monoisotopic (exact) mass is 674 g/mol. The van der Waals surface area contributed by atoms with E-state index in [2.05, 4.69) is 6.92 Å². The molecule has 270 valence electrons. The van der Waals surface area contributed by atoms with E-state index in [1.54, 1.807) is 0 Å². The molecule has 0 spiro atoms. The minimum absolute atomic E-state index is 0.158. The lowest BCUT2D eigenvalue weighted by Crippen LogP contribution is -2.15. The van der Waals surface area contributed by atoms with E-state index in [1.165, 1.54) is 12.8 Å². The highest BCUT2D eigenvalue weighted by atomic mass is 35.5. The molecule has 13 heteroatoms. The van der Waals surface area contributed by atoms with Crippen LogP contribution in [0.5, 0.6) is 0 Å². The number of carbonyl (C=O) groups excluding carboxylic acids is 1. The molecule has 0 aliphatic rings. The van der Waals surface area contributed by atoms with Gasteiger partial charge in [0.2, 0.25) is 0 Å². The molecule has 0 unspecified atom stereocenters. The van der Waals surface area contributed by atoms with Crippen molar-refractivity contribution in [3.05, 3.63) is 0 Å². The van der Waals surface area contributed by atoms with Gasteiger partial charge in [0.15, 0.2) is 0 Å². The Bertz CT molecular complexity index is 562. The predicted molar refractivity (Wildman–Crippen MR) is 172 cm³/mol. The summed E-state index contributed by atoms with van der Waals surface area (Å²) in [6, 6.07) is 0. The standard InChI is InChI=1S/C32H63ClO12/c1-2-3-6-9-32(34)45-31-30-44-29-28-43-27-26-42-25-24-41-23-22-40-21-20-39-19-18-38-17-16-37-15-14-36-13-12-35-11-8-5-4-7-10-33/h2-31H2,1H3. The first kappa shape index (κ1) is 44.4. The fourth-order valence-electron chi connectivity index (χ4n) is 3.54. The summed E-state index contributed by atoms with van der Waals surface area (Å²) in [6.45, 7) is 12.9. The van der Waals surface area contributed by atoms with Gasteiger partial charge in [-0.1, -0.05) is 32.6 Å². The third kappa shape index (κ3) is 41.3. The summed E-state index contributed by atoms with van der Waals surface area (Å²) in [7, 11) is 0. The second-order valence-electron chi connectivity index (χ2n) is 9.90. The summed E-state index contributed by atoms with van der Waals surface area (Å²) in [4.78, 5) is 11.5. The van der Waals surface area contributed by atoms with E-state index in [0.29, 0.717) is 132 Å². The summed E-state index contributed by atoms with van der Waals surface area (Å²) in [5.41, 5.74) is 0. The van der Waals surface area contributed by atoms with Crippen molar-refractivity contribution >= 4 is 17.6 Å². The number of esters is 1. The molecule has 0 aliphatic heterocycles. The van der Waals surface area contributed by atoms with Crippen LogP contribution in [0.1, 0.15) is 58.3 Å². The zero-order valence-corrected chi connectivity index (χ0v) is 28.7. The summed E-state index contributed by atoms with van der Waals surface area (Å²) < 4.78 is 59.7. The lowest BCUT2D eigenvalue weighted by molar-refractivity contribution is -0.145. The maximum atomic E-state index is 11.5. The van der Waals surface area contributed by atoms with E-state index in [9.17, 15) is 4.79 Å². The Kier molecular flexibility index (Phi) is 40.8. The van der Waals surface area contributed by atoms with Gasteiger partial charge in [0, 0.05) is 18.9 Å². The van der Waals surface area contributed by atoms with E-state index in [4.69, 9.17) is 63.7 Å². The average molecular weight is 675 g/mol. The van der Waals surface area contributed by atoms with Crippen LogP contribution in [-0.2, 0) is 56.9 Å². The third-order valence-electron chi connectivity index (χ3n) is 6.00. The van der Waals surface area contributed by atoms with Crippen LogP contribution in [0.2, 0.25) is 0 Å². The molecule has 0 atom stereocenters. The van der Waals surface area contributed by atoms with Gasteiger partial charge in [-0.2, -0.15) is 0 Å². The van der Waals surface area contributed by atoms with Crippen LogP contribution >= 0.6 is 11.6 Å². The van der Waals surface area contributed by atoms with Crippen LogP contribution in [0.4, 0.5) is 0 Å². The Morgan fingerprint density at radius 2 is 0.689 bits per heavy atom. The lowest BCUT2D eigenvalue weighted by Gasteiger charge is -2.09. The van der Waals surface area contributed by atoms with Crippen LogP contribution in [0.3, 0.4) is 0 Å². The maximum absolute atomic E-state index is 11.5. The van der Waals surface area contributed by atoms with Gasteiger partial charge in [0.25, 0.3) is 0 Å². The minimum Gasteiger partial charge on any atom is -0.463 e. The number of halogens is 1. The molecule has 12 nitrogen and oxygen atoms in total. The molecule has 0 saturated carbocycles. The first-order valence-electron chi connectivity index (χ1n) is 16.8. The molecule has 45 heavy (non-hydrogen) atoms. The molecule has 0 aromatic carbocycles. The van der Waals surface area contributed by atoms with Crippen LogP contribution in [0, 0.1) is 0 Å². The van der Waals surface area contributed by atoms with E-state index in [1.807, 2.05) is 0 Å². The van der Waals surface area contributed by atoms with Crippen molar-refractivity contribution in [1.82, 2.24) is 0 Å². The Morgan fingerprint density at radius 3 is 1.02 bits per heavy atom. The second-order valence-corrected chi connectivity index (χ2v) is 10.3. The van der Waals surface area contributed by atoms with Gasteiger partial charge in [-0.15, -0.1) is 11.6 Å². The summed E-state index contributed by atoms with van der Waals surface area (Å²) in [5, 5.41) is 0. The molecule has 0 saturated heterocycles. The molecule has 0 rings (SSSR count). The van der Waals surface area contributed by atoms with Crippen molar-refractivity contribution in [1.29, 1.82) is 0 Å². The predicted octanol–water partition coefficient (Wildman–Crippen LogP) is 4.08. The minimum atomic E-state index is -0.158. The lowest BCUT2D eigenvalue weighted by atomic mass is 10.2. The van der Waals surface area contributed by atoms with E-state index >= 15 is 0 Å². The van der Waals surface area contributed by atoms with Crippen molar-refractivity contribution in [3.8, 4) is 0 Å². The zero-order chi connectivity index (χ0) is 32.6. The number of hydrogen-bond acceptors (Lipinski definition) is 12. The SMILES string of the molecule is CCCCCC(=O)OCCOCCOCCOCCOCCOCCOCCOCCOCCOCCOCCCCCCCl. The molecule has 0 bridgehead atoms. The number of unbranched alkanes of at least 4 members (excludes halogenated alkanes) is 5. The fourth-order valence-corrected chi connectivity index (χ4v) is 3.73. The number of hydrogen-bond donors (Lipinski definition) is 0. The number of alkyl halides is 1. The number of ether oxygens (including phenoxy) is 11. The topological polar surface area (TPSA) is 119 Å². The molecule has 0 amide bonds. The van der Waals surface area contributed by atoms with Gasteiger partial charge in [-0.05, 0) is 19.3 Å². The molecule has 0 aromatic heterocycles. The highest BCUT2D eigenvalue weighted by Gasteiger charge is 2.02. The third-order valence-corrected chi connectivity index (χ3v) is 6.26. The molecule has 0 radical (unpaired) electrons. The Hall–Kier alpha value is -0.640. The Morgan fingerprint density at radius 1 is 0.378 bits per heavy atom. The van der Waals surface area contributed by atoms with Gasteiger partial charge in [0.05, 0.1) is 126 Å². The van der Waals surface area contributed by atoms with E-state index in [0.717, 1.165) is 44.6 Å². The van der Waals surface area contributed by atoms with Crippen molar-refractivity contribution < 1.29 is 56.9 Å². The van der Waals surface area contributed by atoms with Crippen LogP contribution < -0.4 is 0 Å². The molecule has 0 aliphatic carbocycles. The highest BCUT2D eigenvalue weighted by Crippen LogP contribution is 2.01. The van der Waals surface area contributed by atoms with E-state index in [-0.39, 0.29) is 12.6 Å². The summed E-state index contributed by atoms with van der Waals surface area (Å²) in [6.07, 6.45) is 7.99.